The van der Waals surface area contributed by atoms with Crippen molar-refractivity contribution in [2.24, 2.45) is 0 Å². The molecule has 2 atom stereocenters. The summed E-state index contributed by atoms with van der Waals surface area (Å²) in [6, 6.07) is 5.82. The van der Waals surface area contributed by atoms with Gasteiger partial charge in [0.15, 0.2) is 5.69 Å². The zero-order chi connectivity index (χ0) is 25.5. The molecule has 1 amide bonds. The van der Waals surface area contributed by atoms with Gasteiger partial charge in [0.25, 0.3) is 5.91 Å². The van der Waals surface area contributed by atoms with Crippen LogP contribution >= 0.6 is 0 Å². The van der Waals surface area contributed by atoms with Crippen LogP contribution in [-0.2, 0) is 4.79 Å². The fourth-order valence-electron chi connectivity index (χ4n) is 4.46. The third-order valence-corrected chi connectivity index (χ3v) is 6.16. The van der Waals surface area contributed by atoms with Gasteiger partial charge in [0.1, 0.15) is 5.82 Å². The molecule has 1 aliphatic rings. The molecular formula is C26H35FN3NaO5. The van der Waals surface area contributed by atoms with Gasteiger partial charge >= 0.3 is 35.5 Å². The van der Waals surface area contributed by atoms with Crippen LogP contribution in [0.2, 0.25) is 0 Å². The number of carbonyl (C=O) groups excluding carboxylic acids is 1. The van der Waals surface area contributed by atoms with Gasteiger partial charge in [0, 0.05) is 18.0 Å². The first-order valence-corrected chi connectivity index (χ1v) is 12.1. The van der Waals surface area contributed by atoms with Crippen molar-refractivity contribution >= 4 is 47.5 Å². The summed E-state index contributed by atoms with van der Waals surface area (Å²) in [5.41, 5.74) is 2.05. The van der Waals surface area contributed by atoms with E-state index in [1.165, 1.54) is 24.6 Å². The van der Waals surface area contributed by atoms with E-state index in [0.717, 1.165) is 25.7 Å². The Hall–Kier alpha value is -2.04. The first-order chi connectivity index (χ1) is 16.7. The molecule has 0 saturated heterocycles. The van der Waals surface area contributed by atoms with Crippen LogP contribution in [0.5, 0.6) is 0 Å². The third kappa shape index (κ3) is 8.24. The molecule has 8 nitrogen and oxygen atoms in total. The summed E-state index contributed by atoms with van der Waals surface area (Å²) in [4.78, 5) is 24.1. The fraction of sp³-hybridized carbons (Fsp3) is 0.500. The number of nitrogens with one attached hydrogen (secondary N) is 1. The van der Waals surface area contributed by atoms with Crippen molar-refractivity contribution in [1.29, 1.82) is 0 Å². The van der Waals surface area contributed by atoms with Gasteiger partial charge in [-0.2, -0.15) is 5.10 Å². The second-order valence-electron chi connectivity index (χ2n) is 9.41. The van der Waals surface area contributed by atoms with Crippen LogP contribution in [0.15, 0.2) is 30.3 Å². The number of aliphatic carboxylic acids is 1. The van der Waals surface area contributed by atoms with Gasteiger partial charge in [-0.15, -0.1) is 0 Å². The molecule has 4 N–H and O–H groups in total. The number of amides is 1. The average molecular weight is 512 g/mol. The number of carboxylic acids is 1. The van der Waals surface area contributed by atoms with Crippen molar-refractivity contribution in [2.45, 2.75) is 83.0 Å². The van der Waals surface area contributed by atoms with E-state index in [0.29, 0.717) is 16.9 Å². The molecular weight excluding hydrogens is 476 g/mol. The van der Waals surface area contributed by atoms with Gasteiger partial charge in [-0.3, -0.25) is 9.59 Å². The Kier molecular flexibility index (Phi) is 11.8. The second-order valence-corrected chi connectivity index (χ2v) is 9.41. The van der Waals surface area contributed by atoms with Crippen LogP contribution in [0.3, 0.4) is 0 Å². The maximum absolute atomic E-state index is 13.6. The molecule has 36 heavy (non-hydrogen) atoms. The molecule has 1 aromatic heterocycles. The Labute approximate surface area is 232 Å². The topological polar surface area (TPSA) is 125 Å². The van der Waals surface area contributed by atoms with Gasteiger partial charge in [-0.1, -0.05) is 39.2 Å². The molecule has 192 valence electrons. The third-order valence-electron chi connectivity index (χ3n) is 6.16. The summed E-state index contributed by atoms with van der Waals surface area (Å²) in [5, 5.41) is 36.7. The molecule has 10 heteroatoms. The number of hydrogen-bond acceptors (Lipinski definition) is 5. The molecule has 0 radical (unpaired) electrons. The second kappa shape index (κ2) is 14.0. The molecule has 0 aliphatic heterocycles. The van der Waals surface area contributed by atoms with Crippen molar-refractivity contribution in [3.05, 3.63) is 53.1 Å². The zero-order valence-corrected chi connectivity index (χ0v) is 20.2. The molecule has 1 fully saturated rings. The number of aromatic nitrogens is 2. The first kappa shape index (κ1) is 30.2. The van der Waals surface area contributed by atoms with Crippen molar-refractivity contribution < 1.29 is 29.3 Å². The zero-order valence-electron chi connectivity index (χ0n) is 20.2. The van der Waals surface area contributed by atoms with E-state index < -0.39 is 30.4 Å². The molecule has 1 saturated carbocycles. The predicted octanol–water partition coefficient (Wildman–Crippen LogP) is 3.15. The van der Waals surface area contributed by atoms with Crippen LogP contribution in [0, 0.1) is 5.82 Å². The Morgan fingerprint density at radius 3 is 2.39 bits per heavy atom. The van der Waals surface area contributed by atoms with E-state index in [1.54, 1.807) is 22.9 Å². The summed E-state index contributed by atoms with van der Waals surface area (Å²) >= 11 is 0. The number of rotatable bonds is 10. The Balaban J connectivity index is 0.00000456. The number of carboxylic acid groups (broad SMARTS) is 1. The molecule has 2 aromatic rings. The standard InChI is InChI=1S/C26H34FN3O5.Na.H/c1-16(2)24-22(13-12-20(31)14-21(32)15-23(33)34)30(19-10-8-17(27)9-11-19)29-25(24)26(35)28-18-6-4-3-5-7-18;;/h8-13,16,18,20-21,31-32H,3-7,14-15H2,1-2H3,(H,28,35)(H,33,34);;/b13-12+;;/t20-,21+;;/m0../s1. The van der Waals surface area contributed by atoms with E-state index in [1.807, 2.05) is 13.8 Å². The molecule has 1 aliphatic carbocycles. The van der Waals surface area contributed by atoms with Crippen molar-refractivity contribution in [3.63, 3.8) is 0 Å². The number of aliphatic hydroxyl groups is 2. The number of carbonyl (C=O) groups is 2. The summed E-state index contributed by atoms with van der Waals surface area (Å²) < 4.78 is 15.1. The summed E-state index contributed by atoms with van der Waals surface area (Å²) in [7, 11) is 0. The summed E-state index contributed by atoms with van der Waals surface area (Å²) in [6.07, 6.45) is 5.30. The van der Waals surface area contributed by atoms with Gasteiger partial charge in [-0.05, 0) is 49.1 Å². The van der Waals surface area contributed by atoms with E-state index in [4.69, 9.17) is 5.11 Å². The van der Waals surface area contributed by atoms with Gasteiger partial charge in [-0.25, -0.2) is 9.07 Å². The van der Waals surface area contributed by atoms with Crippen molar-refractivity contribution in [2.75, 3.05) is 0 Å². The molecule has 3 rings (SSSR count). The number of benzene rings is 1. The van der Waals surface area contributed by atoms with Gasteiger partial charge in [0.05, 0.1) is 30.0 Å². The monoisotopic (exact) mass is 511 g/mol. The average Bonchev–Trinajstić information content (AvgIpc) is 3.18. The summed E-state index contributed by atoms with van der Waals surface area (Å²) in [5.74, 6) is -1.92. The first-order valence-electron chi connectivity index (χ1n) is 12.1. The van der Waals surface area contributed by atoms with Crippen LogP contribution in [0.1, 0.15) is 86.5 Å². The van der Waals surface area contributed by atoms with E-state index >= 15 is 0 Å². The van der Waals surface area contributed by atoms with Crippen LogP contribution < -0.4 is 5.32 Å². The van der Waals surface area contributed by atoms with Crippen molar-refractivity contribution in [3.8, 4) is 5.69 Å². The number of halogens is 1. The molecule has 1 heterocycles. The normalized spacial score (nSPS) is 16.1. The number of nitrogens with zero attached hydrogens (tertiary/aromatic N) is 2. The number of hydrogen-bond donors (Lipinski definition) is 4. The summed E-state index contributed by atoms with van der Waals surface area (Å²) in [6.45, 7) is 3.88. The minimum absolute atomic E-state index is 0. The maximum atomic E-state index is 13.6. The van der Waals surface area contributed by atoms with Crippen molar-refractivity contribution in [1.82, 2.24) is 15.1 Å². The van der Waals surface area contributed by atoms with E-state index in [9.17, 15) is 24.2 Å². The number of aliphatic hydroxyl groups excluding tert-OH is 2. The van der Waals surface area contributed by atoms with Crippen LogP contribution in [0.25, 0.3) is 11.8 Å². The Morgan fingerprint density at radius 1 is 1.17 bits per heavy atom. The minimum atomic E-state index is -1.20. The quantitative estimate of drug-likeness (QED) is 0.363. The molecule has 0 spiro atoms. The predicted molar refractivity (Wildman–Crippen MR) is 137 cm³/mol. The fourth-order valence-corrected chi connectivity index (χ4v) is 4.46. The van der Waals surface area contributed by atoms with Crippen LogP contribution in [0.4, 0.5) is 4.39 Å². The van der Waals surface area contributed by atoms with E-state index in [-0.39, 0.29) is 59.5 Å². The van der Waals surface area contributed by atoms with E-state index in [2.05, 4.69) is 10.4 Å². The Bertz CT molecular complexity index is 1050. The van der Waals surface area contributed by atoms with Crippen LogP contribution in [-0.4, -0.2) is 84.8 Å². The molecule has 1 aromatic carbocycles. The molecule has 0 unspecified atom stereocenters. The van der Waals surface area contributed by atoms with Gasteiger partial charge in [0.2, 0.25) is 0 Å². The Morgan fingerprint density at radius 2 is 1.81 bits per heavy atom. The SMILES string of the molecule is CC(C)c1c(C(=O)NC2CCCCC2)nn(-c2ccc(F)cc2)c1/C=C/[C@H](O)C[C@@H](O)CC(=O)O.[NaH]. The van der Waals surface area contributed by atoms with Gasteiger partial charge < -0.3 is 20.6 Å². The molecule has 0 bridgehead atoms.